The minimum Gasteiger partial charge on any atom is -0.476 e. The molecule has 188 valence electrons. The summed E-state index contributed by atoms with van der Waals surface area (Å²) in [4.78, 5) is 24.7. The van der Waals surface area contributed by atoms with Crippen LogP contribution in [0.2, 0.25) is 0 Å². The molecule has 0 unspecified atom stereocenters. The zero-order chi connectivity index (χ0) is 25.4. The van der Waals surface area contributed by atoms with Crippen LogP contribution in [0.4, 0.5) is 32.2 Å². The summed E-state index contributed by atoms with van der Waals surface area (Å²) in [5, 5.41) is 17.6. The van der Waals surface area contributed by atoms with Crippen LogP contribution in [-0.4, -0.2) is 77.9 Å². The zero-order valence-corrected chi connectivity index (χ0v) is 17.5. The van der Waals surface area contributed by atoms with Crippen LogP contribution in [0.25, 0.3) is 0 Å². The molecule has 0 saturated carbocycles. The summed E-state index contributed by atoms with van der Waals surface area (Å²) < 4.78 is 74.9. The van der Waals surface area contributed by atoms with Crippen molar-refractivity contribution in [2.24, 2.45) is 0 Å². The highest BCUT2D eigenvalue weighted by Gasteiger charge is 2.38. The monoisotopic (exact) mass is 491 g/mol. The van der Waals surface area contributed by atoms with Crippen LogP contribution >= 0.6 is 0 Å². The fourth-order valence-corrected chi connectivity index (χ4v) is 2.70. The predicted octanol–water partition coefficient (Wildman–Crippen LogP) is 2.44. The van der Waals surface area contributed by atoms with Gasteiger partial charge >= 0.3 is 24.3 Å². The average molecular weight is 491 g/mol. The number of aromatic nitrogens is 1. The molecule has 1 aromatic heterocycles. The molecule has 1 saturated heterocycles. The van der Waals surface area contributed by atoms with Crippen molar-refractivity contribution in [3.8, 4) is 5.88 Å². The van der Waals surface area contributed by atoms with E-state index >= 15 is 0 Å². The Morgan fingerprint density at radius 1 is 1.03 bits per heavy atom. The van der Waals surface area contributed by atoms with Gasteiger partial charge in [0.2, 0.25) is 5.88 Å². The number of nitrogens with one attached hydrogen (secondary N) is 1. The number of rotatable bonds is 1. The molecule has 15 heteroatoms. The number of hydrogen-bond donors (Lipinski definition) is 3. The van der Waals surface area contributed by atoms with Gasteiger partial charge in [0.1, 0.15) is 12.4 Å². The molecule has 1 fully saturated rings. The van der Waals surface area contributed by atoms with Crippen LogP contribution in [0.5, 0.6) is 5.88 Å². The molecule has 0 aliphatic carbocycles. The fourth-order valence-electron chi connectivity index (χ4n) is 2.70. The lowest BCUT2D eigenvalue weighted by Gasteiger charge is -2.36. The number of carboxylic acids is 2. The number of carboxylic acid groups (broad SMARTS) is 2. The fraction of sp³-hybridized carbons (Fsp3) is 0.611. The van der Waals surface area contributed by atoms with E-state index in [4.69, 9.17) is 29.3 Å². The molecule has 0 bridgehead atoms. The number of pyridine rings is 1. The van der Waals surface area contributed by atoms with Gasteiger partial charge in [0.25, 0.3) is 0 Å². The lowest BCUT2D eigenvalue weighted by atomic mass is 10.2. The largest absolute Gasteiger partial charge is 0.490 e. The summed E-state index contributed by atoms with van der Waals surface area (Å²) in [6, 6.07) is 4.20. The Morgan fingerprint density at radius 2 is 1.52 bits per heavy atom. The summed E-state index contributed by atoms with van der Waals surface area (Å²) in [6.45, 7) is 8.36. The van der Waals surface area contributed by atoms with Crippen LogP contribution in [0.15, 0.2) is 12.1 Å². The first kappa shape index (κ1) is 28.2. The van der Waals surface area contributed by atoms with Crippen molar-refractivity contribution >= 4 is 17.8 Å². The van der Waals surface area contributed by atoms with Gasteiger partial charge in [0.15, 0.2) is 0 Å². The second kappa shape index (κ2) is 11.9. The van der Waals surface area contributed by atoms with E-state index in [0.717, 1.165) is 43.4 Å². The first-order chi connectivity index (χ1) is 15.1. The van der Waals surface area contributed by atoms with E-state index < -0.39 is 24.3 Å². The quantitative estimate of drug-likeness (QED) is 0.509. The number of aliphatic carboxylic acids is 2. The van der Waals surface area contributed by atoms with Gasteiger partial charge in [-0.3, -0.25) is 0 Å². The van der Waals surface area contributed by atoms with Crippen LogP contribution in [0.3, 0.4) is 0 Å². The Labute approximate surface area is 184 Å². The maximum atomic E-state index is 10.6. The minimum absolute atomic E-state index is 0.243. The van der Waals surface area contributed by atoms with E-state index in [1.54, 1.807) is 0 Å². The van der Waals surface area contributed by atoms with Gasteiger partial charge in [0.05, 0.1) is 12.2 Å². The van der Waals surface area contributed by atoms with Gasteiger partial charge in [-0.15, -0.1) is 0 Å². The molecule has 33 heavy (non-hydrogen) atoms. The molecule has 3 heterocycles. The molecule has 9 nitrogen and oxygen atoms in total. The minimum atomic E-state index is -5.08. The third-order valence-electron chi connectivity index (χ3n) is 3.99. The van der Waals surface area contributed by atoms with Gasteiger partial charge in [-0.1, -0.05) is 0 Å². The molecule has 0 spiro atoms. The maximum Gasteiger partial charge on any atom is 0.490 e. The highest BCUT2D eigenvalue weighted by Crippen LogP contribution is 2.24. The third-order valence-corrected chi connectivity index (χ3v) is 3.99. The number of nitrogens with zero attached hydrogens (tertiary/aromatic N) is 2. The number of hydrogen-bond acceptors (Lipinski definition) is 7. The molecule has 3 N–H and O–H groups in total. The standard InChI is InChI=1S/C14H21N3O2.2C2HF3O2/c1-10-8-17(9-11(2)19-10)13-4-3-12-7-15-5-6-18-14(12)16-13;2*3-2(4,5)1(6)7/h3-4,10-11,15H,5-9H2,1-2H3;2*(H,6,7)/t10-,11+;;. The summed E-state index contributed by atoms with van der Waals surface area (Å²) in [5.41, 5.74) is 1.13. The average Bonchev–Trinajstić information content (AvgIpc) is 2.91. The summed E-state index contributed by atoms with van der Waals surface area (Å²) >= 11 is 0. The van der Waals surface area contributed by atoms with E-state index in [1.807, 2.05) is 0 Å². The number of fused-ring (bicyclic) bond motifs is 1. The number of alkyl halides is 6. The van der Waals surface area contributed by atoms with E-state index in [9.17, 15) is 26.3 Å². The number of halogens is 6. The van der Waals surface area contributed by atoms with Crippen LogP contribution in [0, 0.1) is 0 Å². The van der Waals surface area contributed by atoms with Crippen molar-refractivity contribution in [2.75, 3.05) is 31.1 Å². The molecule has 1 aromatic rings. The Kier molecular flexibility index (Phi) is 10.2. The summed E-state index contributed by atoms with van der Waals surface area (Å²) in [7, 11) is 0. The highest BCUT2D eigenvalue weighted by atomic mass is 19.4. The lowest BCUT2D eigenvalue weighted by molar-refractivity contribution is -0.193. The Bertz CT molecular complexity index is 771. The Morgan fingerprint density at radius 3 is 1.97 bits per heavy atom. The van der Waals surface area contributed by atoms with Gasteiger partial charge < -0.3 is 29.9 Å². The normalized spacial score (nSPS) is 20.5. The molecular weight excluding hydrogens is 468 g/mol. The van der Waals surface area contributed by atoms with E-state index in [-0.39, 0.29) is 12.2 Å². The van der Waals surface area contributed by atoms with Crippen LogP contribution < -0.4 is 15.0 Å². The predicted molar refractivity (Wildman–Crippen MR) is 101 cm³/mol. The molecule has 0 radical (unpaired) electrons. The number of anilines is 1. The van der Waals surface area contributed by atoms with Gasteiger partial charge in [0, 0.05) is 31.7 Å². The Hall–Kier alpha value is -2.81. The smallest absolute Gasteiger partial charge is 0.476 e. The first-order valence-corrected chi connectivity index (χ1v) is 9.45. The molecular formula is C18H23F6N3O6. The van der Waals surface area contributed by atoms with Crippen molar-refractivity contribution in [3.05, 3.63) is 17.7 Å². The Balaban J connectivity index is 0.000000324. The SMILES string of the molecule is C[C@@H]1CN(c2ccc3c(n2)OCCNC3)C[C@H](C)O1.O=C(O)C(F)(F)F.O=C(O)C(F)(F)F. The summed E-state index contributed by atoms with van der Waals surface area (Å²) in [6.07, 6.45) is -9.68. The first-order valence-electron chi connectivity index (χ1n) is 9.45. The van der Waals surface area contributed by atoms with E-state index in [2.05, 4.69) is 41.2 Å². The summed E-state index contributed by atoms with van der Waals surface area (Å²) in [5.74, 6) is -3.75. The third kappa shape index (κ3) is 10.1. The van der Waals surface area contributed by atoms with Crippen molar-refractivity contribution in [1.29, 1.82) is 0 Å². The van der Waals surface area contributed by atoms with Crippen LogP contribution in [0.1, 0.15) is 19.4 Å². The highest BCUT2D eigenvalue weighted by molar-refractivity contribution is 5.73. The zero-order valence-electron chi connectivity index (χ0n) is 17.5. The van der Waals surface area contributed by atoms with Gasteiger partial charge in [-0.05, 0) is 26.0 Å². The maximum absolute atomic E-state index is 10.6. The van der Waals surface area contributed by atoms with Gasteiger partial charge in [-0.25, -0.2) is 9.59 Å². The van der Waals surface area contributed by atoms with Crippen molar-refractivity contribution in [1.82, 2.24) is 10.3 Å². The van der Waals surface area contributed by atoms with Gasteiger partial charge in [-0.2, -0.15) is 31.3 Å². The van der Waals surface area contributed by atoms with E-state index in [0.29, 0.717) is 6.61 Å². The number of ether oxygens (including phenoxy) is 2. The molecule has 2 atom stereocenters. The lowest BCUT2D eigenvalue weighted by Crippen LogP contribution is -2.45. The molecule has 2 aliphatic rings. The second-order valence-corrected chi connectivity index (χ2v) is 6.93. The topological polar surface area (TPSA) is 121 Å². The molecule has 0 amide bonds. The molecule has 3 rings (SSSR count). The van der Waals surface area contributed by atoms with Crippen molar-refractivity contribution in [2.45, 2.75) is 45.0 Å². The second-order valence-electron chi connectivity index (χ2n) is 6.93. The molecule has 2 aliphatic heterocycles. The van der Waals surface area contributed by atoms with Crippen molar-refractivity contribution in [3.63, 3.8) is 0 Å². The number of carbonyl (C=O) groups is 2. The van der Waals surface area contributed by atoms with Crippen molar-refractivity contribution < 1.29 is 55.6 Å². The number of morpholine rings is 1. The molecule has 0 aromatic carbocycles. The van der Waals surface area contributed by atoms with E-state index in [1.165, 1.54) is 0 Å². The van der Waals surface area contributed by atoms with Crippen LogP contribution in [-0.2, 0) is 20.9 Å².